The Hall–Kier alpha value is -3.69. The van der Waals surface area contributed by atoms with Crippen LogP contribution in [0.15, 0.2) is 79.6 Å². The fraction of sp³-hybridized carbons (Fsp3) is 0.481. The molecule has 0 bridgehead atoms. The van der Waals surface area contributed by atoms with Crippen molar-refractivity contribution in [2.24, 2.45) is 0 Å². The standard InChI is InChI=1S/2C21H29F2N2.2C6H7.Ti/c2*1-5-7-11-24(12-8-6-2)15-18-13-16(3)25(17(18)4)21-10-9-19(22)14-20(21)23;2*1-6-4-2-3-5-6;/h2*9-10,13H,5-8,11-12,15H2,1-4H3;2*2,4H,3H2,1H3;. The van der Waals surface area contributed by atoms with Gasteiger partial charge in [0.2, 0.25) is 0 Å². The fourth-order valence-corrected chi connectivity index (χ4v) is 19.5. The van der Waals surface area contributed by atoms with E-state index in [0.717, 1.165) is 143 Å². The summed E-state index contributed by atoms with van der Waals surface area (Å²) in [6, 6.07) is 9.94. The summed E-state index contributed by atoms with van der Waals surface area (Å²) in [5.74, 6) is -3.00. The number of allylic oxidation sites excluding steroid dienone is 8. The van der Waals surface area contributed by atoms with Gasteiger partial charge in [-0.25, -0.2) is 0 Å². The van der Waals surface area contributed by atoms with Crippen LogP contribution in [0.4, 0.5) is 17.6 Å². The van der Waals surface area contributed by atoms with E-state index in [1.807, 2.05) is 75.0 Å². The third-order valence-electron chi connectivity index (χ3n) is 13.8. The molecule has 2 aliphatic rings. The van der Waals surface area contributed by atoms with Crippen molar-refractivity contribution in [3.63, 3.8) is 0 Å². The number of aryl methyl sites for hydroxylation is 2. The maximum atomic E-state index is 18.5. The molecule has 4 nitrogen and oxygen atoms in total. The van der Waals surface area contributed by atoms with E-state index in [1.54, 1.807) is 0 Å². The zero-order valence-electron chi connectivity index (χ0n) is 39.9. The number of halogens is 4. The molecule has 0 atom stereocenters. The first-order chi connectivity index (χ1) is 30.3. The molecule has 0 radical (unpaired) electrons. The second-order valence-corrected chi connectivity index (χ2v) is 24.0. The Morgan fingerprint density at radius 2 is 0.873 bits per heavy atom. The van der Waals surface area contributed by atoms with E-state index >= 15 is 17.6 Å². The molecule has 0 saturated heterocycles. The van der Waals surface area contributed by atoms with Crippen molar-refractivity contribution in [2.75, 3.05) is 26.2 Å². The first kappa shape index (κ1) is 48.8. The van der Waals surface area contributed by atoms with Gasteiger partial charge >= 0.3 is 382 Å². The van der Waals surface area contributed by atoms with Crippen molar-refractivity contribution in [1.82, 2.24) is 18.9 Å². The van der Waals surface area contributed by atoms with Crippen LogP contribution in [0, 0.1) is 51.0 Å². The van der Waals surface area contributed by atoms with Gasteiger partial charge in [-0.1, -0.05) is 0 Å². The van der Waals surface area contributed by atoms with Crippen LogP contribution in [0.2, 0.25) is 0 Å². The third kappa shape index (κ3) is 9.67. The monoisotopic (exact) mass is 901 g/mol. The van der Waals surface area contributed by atoms with Crippen molar-refractivity contribution in [1.29, 1.82) is 0 Å². The average Bonchev–Trinajstić information content (AvgIpc) is 4.02. The second-order valence-electron chi connectivity index (χ2n) is 18.2. The molecule has 6 rings (SSSR count). The number of hydrogen-bond acceptors (Lipinski definition) is 2. The number of rotatable bonds is 22. The quantitative estimate of drug-likeness (QED) is 0.0577. The summed E-state index contributed by atoms with van der Waals surface area (Å²) in [5, 5.41) is 0. The molecule has 0 unspecified atom stereocenters. The van der Waals surface area contributed by atoms with Crippen molar-refractivity contribution in [3.05, 3.63) is 137 Å². The molecule has 0 saturated carbocycles. The summed E-state index contributed by atoms with van der Waals surface area (Å²) in [5.41, 5.74) is 7.66. The summed E-state index contributed by atoms with van der Waals surface area (Å²) < 4.78 is 76.9. The van der Waals surface area contributed by atoms with Gasteiger partial charge < -0.3 is 0 Å². The minimum absolute atomic E-state index is 0.163. The van der Waals surface area contributed by atoms with E-state index < -0.39 is 39.9 Å². The van der Waals surface area contributed by atoms with Gasteiger partial charge in [0, 0.05) is 0 Å². The normalized spacial score (nSPS) is 14.3. The van der Waals surface area contributed by atoms with Gasteiger partial charge in [-0.3, -0.25) is 0 Å². The van der Waals surface area contributed by atoms with Crippen molar-refractivity contribution >= 4 is 7.74 Å². The van der Waals surface area contributed by atoms with E-state index in [-0.39, 0.29) is 19.1 Å². The van der Waals surface area contributed by atoms with Gasteiger partial charge in [0.15, 0.2) is 0 Å². The van der Waals surface area contributed by atoms with Gasteiger partial charge in [0.05, 0.1) is 0 Å². The molecule has 340 valence electrons. The summed E-state index contributed by atoms with van der Waals surface area (Å²) in [6.45, 7) is 26.0. The van der Waals surface area contributed by atoms with Crippen molar-refractivity contribution in [2.45, 2.75) is 147 Å². The van der Waals surface area contributed by atoms with E-state index in [1.165, 1.54) is 24.3 Å². The van der Waals surface area contributed by atoms with E-state index in [2.05, 4.69) is 49.6 Å². The molecular weight excluding hydrogens is 828 g/mol. The maximum absolute atomic E-state index is 18.5. The predicted molar refractivity (Wildman–Crippen MR) is 253 cm³/mol. The summed E-state index contributed by atoms with van der Waals surface area (Å²) >= 11 is -5.24. The predicted octanol–water partition coefficient (Wildman–Crippen LogP) is 13.4. The van der Waals surface area contributed by atoms with Gasteiger partial charge in [0.25, 0.3) is 0 Å². The zero-order chi connectivity index (χ0) is 45.6. The second kappa shape index (κ2) is 21.5. The first-order valence-electron chi connectivity index (χ1n) is 23.8. The molecule has 9 heteroatoms. The summed E-state index contributed by atoms with van der Waals surface area (Å²) in [7, 11) is 0. The van der Waals surface area contributed by atoms with E-state index in [4.69, 9.17) is 0 Å². The molecule has 63 heavy (non-hydrogen) atoms. The Kier molecular flexibility index (Phi) is 16.7. The molecule has 2 aliphatic carbocycles. The van der Waals surface area contributed by atoms with Crippen LogP contribution in [-0.4, -0.2) is 45.1 Å². The van der Waals surface area contributed by atoms with Crippen LogP contribution in [0.25, 0.3) is 11.4 Å². The zero-order valence-corrected chi connectivity index (χ0v) is 41.4. The molecule has 0 spiro atoms. The van der Waals surface area contributed by atoms with Gasteiger partial charge in [0.1, 0.15) is 0 Å². The summed E-state index contributed by atoms with van der Waals surface area (Å²) in [6.07, 6.45) is 17.4. The van der Waals surface area contributed by atoms with E-state index in [0.29, 0.717) is 12.8 Å². The molecule has 2 aromatic heterocycles. The third-order valence-corrected chi connectivity index (χ3v) is 22.3. The fourth-order valence-electron chi connectivity index (χ4n) is 10.4. The van der Waals surface area contributed by atoms with Crippen LogP contribution in [0.3, 0.4) is 0 Å². The van der Waals surface area contributed by atoms with Crippen LogP contribution in [-0.2, 0) is 29.7 Å². The van der Waals surface area contributed by atoms with E-state index in [9.17, 15) is 0 Å². The Morgan fingerprint density at radius 1 is 0.524 bits per heavy atom. The van der Waals surface area contributed by atoms with Gasteiger partial charge in [-0.15, -0.1) is 0 Å². The van der Waals surface area contributed by atoms with Gasteiger partial charge in [-0.2, -0.15) is 0 Å². The van der Waals surface area contributed by atoms with Crippen LogP contribution < -0.4 is 7.74 Å². The van der Waals surface area contributed by atoms with Crippen molar-refractivity contribution < 1.29 is 34.2 Å². The van der Waals surface area contributed by atoms with Crippen LogP contribution >= 0.6 is 0 Å². The van der Waals surface area contributed by atoms with Gasteiger partial charge in [-0.05, 0) is 0 Å². The number of aromatic nitrogens is 2. The Morgan fingerprint density at radius 3 is 1.17 bits per heavy atom. The molecule has 0 aliphatic heterocycles. The van der Waals surface area contributed by atoms with Crippen molar-refractivity contribution in [3.8, 4) is 11.4 Å². The number of unbranched alkanes of at least 4 members (excludes halogenated alkanes) is 4. The first-order valence-corrected chi connectivity index (χ1v) is 26.9. The molecular formula is C54H72F4N4Ti. The topological polar surface area (TPSA) is 16.3 Å². The molecule has 2 aromatic carbocycles. The van der Waals surface area contributed by atoms with Crippen LogP contribution in [0.1, 0.15) is 140 Å². The Bertz CT molecular complexity index is 2210. The molecule has 0 fully saturated rings. The number of hydrogen-bond donors (Lipinski definition) is 0. The number of benzene rings is 2. The van der Waals surface area contributed by atoms with Crippen LogP contribution in [0.5, 0.6) is 0 Å². The Balaban J connectivity index is 1.61. The molecule has 4 aromatic rings. The molecule has 0 N–H and O–H groups in total. The minimum atomic E-state index is -5.24. The average molecular weight is 901 g/mol. The Labute approximate surface area is 379 Å². The SMILES string of the molecule is CCCCN(CCCC)Cc1cc(C)n(-c2ccc(F)[c]([Ti]([C]3=C(C)C=CC3)([C]3=C(C)C=CC3)[c]3c(F)ccc(-n4c(C)cc(CN(CCCC)CCCC)c4C)c3F)c2F)c1C. The molecule has 0 amide bonds. The molecule has 2 heterocycles. The summed E-state index contributed by atoms with van der Waals surface area (Å²) in [4.78, 5) is 4.95. The number of nitrogens with zero attached hydrogens (tertiary/aromatic N) is 4.